The van der Waals surface area contributed by atoms with E-state index in [1.54, 1.807) is 16.2 Å². The summed E-state index contributed by atoms with van der Waals surface area (Å²) in [6, 6.07) is 7.39. The summed E-state index contributed by atoms with van der Waals surface area (Å²) in [6.45, 7) is 1.09. The average molecular weight is 374 g/mol. The van der Waals surface area contributed by atoms with Crippen LogP contribution in [0.1, 0.15) is 17.8 Å². The summed E-state index contributed by atoms with van der Waals surface area (Å²) in [5.74, 6) is -0.424. The number of likely N-dealkylation sites (tertiary alicyclic amines) is 1. The number of carbonyl (C=O) groups is 3. The monoisotopic (exact) mass is 374 g/mol. The van der Waals surface area contributed by atoms with E-state index in [1.165, 1.54) is 0 Å². The van der Waals surface area contributed by atoms with E-state index >= 15 is 0 Å². The van der Waals surface area contributed by atoms with Crippen LogP contribution in [-0.2, 0) is 20.9 Å². The van der Waals surface area contributed by atoms with Gasteiger partial charge in [0, 0.05) is 13.1 Å². The van der Waals surface area contributed by atoms with Crippen LogP contribution in [0, 0.1) is 0 Å². The third kappa shape index (κ3) is 3.15. The molecule has 0 unspecified atom stereocenters. The Morgan fingerprint density at radius 1 is 1.27 bits per heavy atom. The smallest absolute Gasteiger partial charge is 0.322 e. The lowest BCUT2D eigenvalue weighted by molar-refractivity contribution is -0.140. The maximum atomic E-state index is 12.3. The number of nitrogens with one attached hydrogen (secondary N) is 2. The average Bonchev–Trinajstić information content (AvgIpc) is 3.15. The first kappa shape index (κ1) is 16.9. The van der Waals surface area contributed by atoms with Gasteiger partial charge in [0.05, 0.1) is 16.8 Å². The van der Waals surface area contributed by atoms with Crippen molar-refractivity contribution in [1.29, 1.82) is 0 Å². The van der Waals surface area contributed by atoms with E-state index in [2.05, 4.69) is 15.6 Å². The molecule has 1 aromatic heterocycles. The minimum Gasteiger partial charge on any atom is -0.364 e. The number of aromatic nitrogens is 1. The maximum Gasteiger partial charge on any atom is 0.322 e. The van der Waals surface area contributed by atoms with E-state index in [4.69, 9.17) is 4.74 Å². The number of para-hydroxylation sites is 1. The van der Waals surface area contributed by atoms with Crippen LogP contribution in [0.25, 0.3) is 10.2 Å². The number of urea groups is 1. The molecule has 0 bridgehead atoms. The predicted molar refractivity (Wildman–Crippen MR) is 94.5 cm³/mol. The lowest BCUT2D eigenvalue weighted by Gasteiger charge is -2.36. The Kier molecular flexibility index (Phi) is 4.33. The van der Waals surface area contributed by atoms with Gasteiger partial charge in [0.1, 0.15) is 17.2 Å². The van der Waals surface area contributed by atoms with E-state index in [1.807, 2.05) is 24.3 Å². The number of amides is 4. The number of imide groups is 1. The Morgan fingerprint density at radius 2 is 2.04 bits per heavy atom. The number of fused-ring (bicyclic) bond motifs is 1. The van der Waals surface area contributed by atoms with Gasteiger partial charge in [-0.1, -0.05) is 12.1 Å². The quantitative estimate of drug-likeness (QED) is 0.778. The highest BCUT2D eigenvalue weighted by Crippen LogP contribution is 2.26. The van der Waals surface area contributed by atoms with Crippen LogP contribution in [-0.4, -0.2) is 53.0 Å². The molecule has 1 aromatic carbocycles. The molecular weight excluding hydrogens is 356 g/mol. The molecule has 0 aliphatic carbocycles. The normalized spacial score (nSPS) is 19.0. The standard InChI is InChI=1S/C17H18N4O4S/c22-14(10-25-9-13-18-11-3-1-2-4-12(11)26-13)21-7-5-17(6-8-21)15(23)19-16(24)20-17/h1-4H,5-10H2,(H2,19,20,23,24). The van der Waals surface area contributed by atoms with E-state index in [-0.39, 0.29) is 18.4 Å². The van der Waals surface area contributed by atoms with Crippen LogP contribution < -0.4 is 10.6 Å². The first-order valence-electron chi connectivity index (χ1n) is 8.39. The fraction of sp³-hybridized carbons (Fsp3) is 0.412. The molecule has 136 valence electrons. The predicted octanol–water partition coefficient (Wildman–Crippen LogP) is 1.01. The molecule has 8 nitrogen and oxygen atoms in total. The topological polar surface area (TPSA) is 101 Å². The van der Waals surface area contributed by atoms with Gasteiger partial charge in [-0.25, -0.2) is 9.78 Å². The molecule has 2 saturated heterocycles. The van der Waals surface area contributed by atoms with Gasteiger partial charge in [0.25, 0.3) is 5.91 Å². The van der Waals surface area contributed by atoms with Crippen LogP contribution >= 0.6 is 11.3 Å². The van der Waals surface area contributed by atoms with Gasteiger partial charge in [-0.15, -0.1) is 11.3 Å². The molecule has 2 aliphatic heterocycles. The number of thiazole rings is 1. The van der Waals surface area contributed by atoms with Crippen LogP contribution in [0.3, 0.4) is 0 Å². The molecule has 0 radical (unpaired) electrons. The van der Waals surface area contributed by atoms with Crippen molar-refractivity contribution in [2.45, 2.75) is 25.0 Å². The molecule has 4 rings (SSSR count). The van der Waals surface area contributed by atoms with Gasteiger partial charge in [0.2, 0.25) is 5.91 Å². The largest absolute Gasteiger partial charge is 0.364 e. The zero-order valence-corrected chi connectivity index (χ0v) is 14.8. The van der Waals surface area contributed by atoms with Crippen molar-refractivity contribution in [2.24, 2.45) is 0 Å². The minimum absolute atomic E-state index is 0.0263. The summed E-state index contributed by atoms with van der Waals surface area (Å²) in [5, 5.41) is 5.78. The van der Waals surface area contributed by atoms with Crippen molar-refractivity contribution in [2.75, 3.05) is 19.7 Å². The fourth-order valence-electron chi connectivity index (χ4n) is 3.32. The molecule has 2 aromatic rings. The second-order valence-corrected chi connectivity index (χ2v) is 7.55. The highest BCUT2D eigenvalue weighted by Gasteiger charge is 2.48. The Bertz CT molecular complexity index is 840. The number of benzene rings is 1. The molecule has 9 heteroatoms. The number of carbonyl (C=O) groups excluding carboxylic acids is 3. The highest BCUT2D eigenvalue weighted by atomic mass is 32.1. The van der Waals surface area contributed by atoms with Crippen LogP contribution in [0.5, 0.6) is 0 Å². The van der Waals surface area contributed by atoms with Gasteiger partial charge >= 0.3 is 6.03 Å². The van der Waals surface area contributed by atoms with E-state index in [0.29, 0.717) is 32.5 Å². The zero-order chi connectivity index (χ0) is 18.1. The van der Waals surface area contributed by atoms with Crippen molar-refractivity contribution >= 4 is 39.4 Å². The highest BCUT2D eigenvalue weighted by molar-refractivity contribution is 7.18. The summed E-state index contributed by atoms with van der Waals surface area (Å²) in [6.07, 6.45) is 0.822. The lowest BCUT2D eigenvalue weighted by atomic mass is 9.88. The van der Waals surface area contributed by atoms with E-state index < -0.39 is 11.6 Å². The number of hydrogen-bond donors (Lipinski definition) is 2. The van der Waals surface area contributed by atoms with E-state index in [0.717, 1.165) is 15.2 Å². The number of nitrogens with zero attached hydrogens (tertiary/aromatic N) is 2. The third-order valence-electron chi connectivity index (χ3n) is 4.77. The molecular formula is C17H18N4O4S. The van der Waals surface area contributed by atoms with Gasteiger partial charge < -0.3 is 15.0 Å². The molecule has 3 heterocycles. The molecule has 2 N–H and O–H groups in total. The zero-order valence-electron chi connectivity index (χ0n) is 14.0. The Hall–Kier alpha value is -2.52. The first-order chi connectivity index (χ1) is 12.6. The van der Waals surface area contributed by atoms with Crippen molar-refractivity contribution in [3.63, 3.8) is 0 Å². The number of piperidine rings is 1. The summed E-state index contributed by atoms with van der Waals surface area (Å²) in [4.78, 5) is 41.7. The van der Waals surface area contributed by atoms with Crippen LogP contribution in [0.15, 0.2) is 24.3 Å². The second kappa shape index (κ2) is 6.65. The Morgan fingerprint density at radius 3 is 2.73 bits per heavy atom. The van der Waals surface area contributed by atoms with Gasteiger partial charge in [-0.05, 0) is 25.0 Å². The molecule has 4 amide bonds. The molecule has 0 saturated carbocycles. The summed E-state index contributed by atoms with van der Waals surface area (Å²) in [5.41, 5.74) is 0.0658. The Balaban J connectivity index is 1.27. The van der Waals surface area contributed by atoms with Crippen LogP contribution in [0.4, 0.5) is 4.79 Å². The van der Waals surface area contributed by atoms with Gasteiger partial charge in [0.15, 0.2) is 0 Å². The van der Waals surface area contributed by atoms with Gasteiger partial charge in [-0.3, -0.25) is 14.9 Å². The summed E-state index contributed by atoms with van der Waals surface area (Å²) >= 11 is 1.55. The van der Waals surface area contributed by atoms with Gasteiger partial charge in [-0.2, -0.15) is 0 Å². The summed E-state index contributed by atoms with van der Waals surface area (Å²) in [7, 11) is 0. The van der Waals surface area contributed by atoms with E-state index in [9.17, 15) is 14.4 Å². The minimum atomic E-state index is -0.865. The SMILES string of the molecule is O=C1NC(=O)C2(CCN(C(=O)COCc3nc4ccccc4s3)CC2)N1. The molecule has 0 atom stereocenters. The number of ether oxygens (including phenoxy) is 1. The second-order valence-electron chi connectivity index (χ2n) is 6.44. The number of rotatable bonds is 4. The molecule has 1 spiro atoms. The maximum absolute atomic E-state index is 12.3. The van der Waals surface area contributed by atoms with Crippen LogP contribution in [0.2, 0.25) is 0 Å². The molecule has 26 heavy (non-hydrogen) atoms. The third-order valence-corrected chi connectivity index (χ3v) is 5.78. The molecule has 2 fully saturated rings. The van der Waals surface area contributed by atoms with Crippen molar-refractivity contribution < 1.29 is 19.1 Å². The van der Waals surface area contributed by atoms with Crippen molar-refractivity contribution in [3.05, 3.63) is 29.3 Å². The number of hydrogen-bond acceptors (Lipinski definition) is 6. The fourth-order valence-corrected chi connectivity index (χ4v) is 4.22. The first-order valence-corrected chi connectivity index (χ1v) is 9.21. The Labute approximate surface area is 153 Å². The van der Waals surface area contributed by atoms with Crippen molar-refractivity contribution in [3.8, 4) is 0 Å². The lowest BCUT2D eigenvalue weighted by Crippen LogP contribution is -2.56. The summed E-state index contributed by atoms with van der Waals surface area (Å²) < 4.78 is 6.62. The molecule has 2 aliphatic rings. The van der Waals surface area contributed by atoms with Crippen molar-refractivity contribution in [1.82, 2.24) is 20.5 Å².